The molecule has 0 saturated carbocycles. The average molecular weight is 475 g/mol. The van der Waals surface area contributed by atoms with Crippen LogP contribution in [0.25, 0.3) is 54.1 Å². The van der Waals surface area contributed by atoms with Crippen molar-refractivity contribution < 1.29 is 0 Å². The average Bonchev–Trinajstić information content (AvgIpc) is 3.41. The van der Waals surface area contributed by atoms with Crippen LogP contribution in [-0.2, 0) is 20.5 Å². The lowest BCUT2D eigenvalue weighted by Gasteiger charge is -2.10. The number of unbranched alkanes of at least 4 members (excludes halogenated alkanes) is 7. The molecule has 2 nitrogen and oxygen atoms in total. The van der Waals surface area contributed by atoms with Crippen molar-refractivity contribution in [1.29, 1.82) is 0 Å². The van der Waals surface area contributed by atoms with E-state index in [1.165, 1.54) is 118 Å². The molecule has 2 aromatic heterocycles. The zero-order valence-corrected chi connectivity index (χ0v) is 22.1. The quantitative estimate of drug-likeness (QED) is 0.146. The summed E-state index contributed by atoms with van der Waals surface area (Å²) in [6.45, 7) is 2.29. The molecule has 0 aliphatic heterocycles. The second kappa shape index (κ2) is 9.65. The lowest BCUT2D eigenvalue weighted by Crippen LogP contribution is -1.96. The summed E-state index contributed by atoms with van der Waals surface area (Å²) < 4.78 is 4.65. The van der Waals surface area contributed by atoms with Gasteiger partial charge in [0.2, 0.25) is 0 Å². The van der Waals surface area contributed by atoms with E-state index >= 15 is 0 Å². The van der Waals surface area contributed by atoms with Crippen LogP contribution in [0.15, 0.2) is 66.9 Å². The summed E-state index contributed by atoms with van der Waals surface area (Å²) in [7, 11) is 4.38. The molecule has 0 aliphatic carbocycles. The third kappa shape index (κ3) is 4.07. The number of aromatic nitrogens is 2. The summed E-state index contributed by atoms with van der Waals surface area (Å²) in [5, 5.41) is 10.7. The van der Waals surface area contributed by atoms with Crippen LogP contribution in [0.5, 0.6) is 0 Å². The van der Waals surface area contributed by atoms with Gasteiger partial charge in [-0.2, -0.15) is 0 Å². The van der Waals surface area contributed by atoms with Gasteiger partial charge in [0.15, 0.2) is 0 Å². The molecule has 0 amide bonds. The van der Waals surface area contributed by atoms with E-state index in [2.05, 4.69) is 97.0 Å². The fourth-order valence-electron chi connectivity index (χ4n) is 6.21. The van der Waals surface area contributed by atoms with Crippen molar-refractivity contribution in [2.24, 2.45) is 14.1 Å². The first-order chi connectivity index (χ1) is 17.6. The third-order valence-corrected chi connectivity index (χ3v) is 8.39. The van der Waals surface area contributed by atoms with E-state index < -0.39 is 0 Å². The summed E-state index contributed by atoms with van der Waals surface area (Å²) in [6.07, 6.45) is 14.3. The zero-order chi connectivity index (χ0) is 24.6. The van der Waals surface area contributed by atoms with E-state index in [1.54, 1.807) is 0 Å². The summed E-state index contributed by atoms with van der Waals surface area (Å²) in [6, 6.07) is 23.4. The van der Waals surface area contributed by atoms with Crippen LogP contribution in [-0.4, -0.2) is 9.13 Å². The van der Waals surface area contributed by atoms with Crippen molar-refractivity contribution in [1.82, 2.24) is 9.13 Å². The minimum atomic E-state index is 1.18. The maximum Gasteiger partial charge on any atom is 0.0486 e. The van der Waals surface area contributed by atoms with Gasteiger partial charge in [0, 0.05) is 47.8 Å². The van der Waals surface area contributed by atoms with Gasteiger partial charge in [-0.25, -0.2) is 0 Å². The van der Waals surface area contributed by atoms with Gasteiger partial charge < -0.3 is 9.13 Å². The molecule has 4 aromatic carbocycles. The topological polar surface area (TPSA) is 9.86 Å². The molecule has 0 spiro atoms. The normalized spacial score (nSPS) is 12.2. The Bertz CT molecular complexity index is 1700. The lowest BCUT2D eigenvalue weighted by atomic mass is 9.95. The SMILES string of the molecule is CCCCCCCCCCc1cc2cc3ccc4c5cc6c(ccn6C)cc5ccc4c3cc2n1C. The highest BCUT2D eigenvalue weighted by Crippen LogP contribution is 2.36. The van der Waals surface area contributed by atoms with Crippen molar-refractivity contribution in [3.05, 3.63) is 72.6 Å². The maximum absolute atomic E-state index is 2.43. The predicted molar refractivity (Wildman–Crippen MR) is 158 cm³/mol. The van der Waals surface area contributed by atoms with Crippen molar-refractivity contribution >= 4 is 54.1 Å². The number of aryl methyl sites for hydroxylation is 3. The molecule has 0 radical (unpaired) electrons. The van der Waals surface area contributed by atoms with Gasteiger partial charge in [0.05, 0.1) is 0 Å². The molecule has 0 bridgehead atoms. The standard InChI is InChI=1S/C34H38N2/c1-4-5-6-7-8-9-10-11-12-28-21-27-20-25-14-16-29-30(32(25)23-34(27)36(28)3)15-13-24-19-26-17-18-35(2)33(26)22-31(24)29/h13-23H,4-12H2,1-3H3. The Kier molecular flexibility index (Phi) is 6.21. The first-order valence-electron chi connectivity index (χ1n) is 14.0. The fourth-order valence-corrected chi connectivity index (χ4v) is 6.21. The molecule has 0 unspecified atom stereocenters. The van der Waals surface area contributed by atoms with Crippen molar-refractivity contribution in [3.63, 3.8) is 0 Å². The zero-order valence-electron chi connectivity index (χ0n) is 22.1. The van der Waals surface area contributed by atoms with Crippen LogP contribution < -0.4 is 0 Å². The van der Waals surface area contributed by atoms with Crippen LogP contribution in [0, 0.1) is 0 Å². The smallest absolute Gasteiger partial charge is 0.0486 e. The Labute approximate surface area is 214 Å². The Balaban J connectivity index is 1.32. The molecule has 36 heavy (non-hydrogen) atoms. The molecule has 0 N–H and O–H groups in total. The molecule has 0 aliphatic rings. The van der Waals surface area contributed by atoms with E-state index in [0.29, 0.717) is 0 Å². The summed E-state index contributed by atoms with van der Waals surface area (Å²) in [5.74, 6) is 0. The van der Waals surface area contributed by atoms with Gasteiger partial charge in [0.1, 0.15) is 0 Å². The molecular weight excluding hydrogens is 436 g/mol. The number of nitrogens with zero attached hydrogens (tertiary/aromatic N) is 2. The first-order valence-corrected chi connectivity index (χ1v) is 14.0. The van der Waals surface area contributed by atoms with Crippen molar-refractivity contribution in [2.45, 2.75) is 64.7 Å². The minimum Gasteiger partial charge on any atom is -0.351 e. The van der Waals surface area contributed by atoms with E-state index in [4.69, 9.17) is 0 Å². The Hall–Kier alpha value is -3.26. The van der Waals surface area contributed by atoms with Gasteiger partial charge in [0.25, 0.3) is 0 Å². The highest BCUT2D eigenvalue weighted by molar-refractivity contribution is 6.20. The van der Waals surface area contributed by atoms with Crippen LogP contribution >= 0.6 is 0 Å². The number of benzene rings is 4. The Morgan fingerprint density at radius 1 is 0.528 bits per heavy atom. The van der Waals surface area contributed by atoms with Gasteiger partial charge in [-0.15, -0.1) is 0 Å². The molecular formula is C34H38N2. The van der Waals surface area contributed by atoms with E-state index in [-0.39, 0.29) is 0 Å². The van der Waals surface area contributed by atoms with Gasteiger partial charge in [-0.1, -0.05) is 76.1 Å². The monoisotopic (exact) mass is 474 g/mol. The Morgan fingerprint density at radius 3 is 1.83 bits per heavy atom. The molecule has 184 valence electrons. The van der Waals surface area contributed by atoms with E-state index in [0.717, 1.165) is 0 Å². The minimum absolute atomic E-state index is 1.18. The fraction of sp³-hybridized carbons (Fsp3) is 0.353. The molecule has 2 heterocycles. The summed E-state index contributed by atoms with van der Waals surface area (Å²) in [5.41, 5.74) is 4.10. The van der Waals surface area contributed by atoms with Crippen molar-refractivity contribution in [2.75, 3.05) is 0 Å². The van der Waals surface area contributed by atoms with Gasteiger partial charge >= 0.3 is 0 Å². The predicted octanol–water partition coefficient (Wildman–Crippen LogP) is 9.81. The van der Waals surface area contributed by atoms with Crippen LogP contribution in [0.3, 0.4) is 0 Å². The van der Waals surface area contributed by atoms with E-state index in [9.17, 15) is 0 Å². The molecule has 0 saturated heterocycles. The molecule has 6 aromatic rings. The van der Waals surface area contributed by atoms with Crippen molar-refractivity contribution in [3.8, 4) is 0 Å². The first kappa shape index (κ1) is 23.2. The van der Waals surface area contributed by atoms with Crippen LogP contribution in [0.1, 0.15) is 64.0 Å². The van der Waals surface area contributed by atoms with Gasteiger partial charge in [-0.05, 0) is 81.6 Å². The lowest BCUT2D eigenvalue weighted by molar-refractivity contribution is 0.572. The number of hydrogen-bond donors (Lipinski definition) is 0. The molecule has 0 fully saturated rings. The second-order valence-corrected chi connectivity index (χ2v) is 10.8. The highest BCUT2D eigenvalue weighted by Gasteiger charge is 2.11. The second-order valence-electron chi connectivity index (χ2n) is 10.8. The van der Waals surface area contributed by atoms with Crippen LogP contribution in [0.4, 0.5) is 0 Å². The van der Waals surface area contributed by atoms with Gasteiger partial charge in [-0.3, -0.25) is 0 Å². The van der Waals surface area contributed by atoms with E-state index in [1.807, 2.05) is 0 Å². The summed E-state index contributed by atoms with van der Waals surface area (Å²) in [4.78, 5) is 0. The largest absolute Gasteiger partial charge is 0.351 e. The number of hydrogen-bond acceptors (Lipinski definition) is 0. The summed E-state index contributed by atoms with van der Waals surface area (Å²) >= 11 is 0. The number of rotatable bonds is 9. The molecule has 0 atom stereocenters. The third-order valence-electron chi connectivity index (χ3n) is 8.39. The maximum atomic E-state index is 2.43. The Morgan fingerprint density at radius 2 is 1.14 bits per heavy atom. The van der Waals surface area contributed by atoms with Crippen LogP contribution in [0.2, 0.25) is 0 Å². The molecule has 2 heteroatoms. The highest BCUT2D eigenvalue weighted by atomic mass is 14.9. The molecule has 6 rings (SSSR count). The number of fused-ring (bicyclic) bond motifs is 7.